The molecular weight excluding hydrogens is 304 g/mol. The van der Waals surface area contributed by atoms with Gasteiger partial charge in [0.15, 0.2) is 0 Å². The van der Waals surface area contributed by atoms with Gasteiger partial charge in [0.1, 0.15) is 0 Å². The molecule has 0 saturated heterocycles. The van der Waals surface area contributed by atoms with Gasteiger partial charge in [-0.25, -0.2) is 0 Å². The summed E-state index contributed by atoms with van der Waals surface area (Å²) in [5.41, 5.74) is 4.67. The van der Waals surface area contributed by atoms with E-state index in [1.807, 2.05) is 12.4 Å². The topological polar surface area (TPSA) is 25.8 Å². The van der Waals surface area contributed by atoms with E-state index in [0.29, 0.717) is 5.92 Å². The Morgan fingerprint density at radius 1 is 0.880 bits per heavy atom. The van der Waals surface area contributed by atoms with E-state index in [-0.39, 0.29) is 0 Å². The van der Waals surface area contributed by atoms with Crippen LogP contribution in [0.15, 0.2) is 60.9 Å². The molecule has 0 aliphatic heterocycles. The molecule has 124 valence electrons. The molecule has 0 unspecified atom stereocenters. The molecule has 25 heavy (non-hydrogen) atoms. The number of hydrogen-bond donors (Lipinski definition) is 0. The molecule has 2 nitrogen and oxygen atoms in total. The van der Waals surface area contributed by atoms with Crippen LogP contribution in [-0.4, -0.2) is 9.97 Å². The highest BCUT2D eigenvalue weighted by atomic mass is 14.7. The highest BCUT2D eigenvalue weighted by molar-refractivity contribution is 5.91. The van der Waals surface area contributed by atoms with Gasteiger partial charge in [-0.2, -0.15) is 0 Å². The quantitative estimate of drug-likeness (QED) is 0.452. The van der Waals surface area contributed by atoms with Gasteiger partial charge in [0.25, 0.3) is 0 Å². The first-order valence-electron chi connectivity index (χ1n) is 8.94. The van der Waals surface area contributed by atoms with E-state index in [1.165, 1.54) is 27.1 Å². The maximum Gasteiger partial charge on any atom is 0.0708 e. The second kappa shape index (κ2) is 6.29. The molecule has 0 aliphatic rings. The maximum absolute atomic E-state index is 4.75. The van der Waals surface area contributed by atoms with Crippen molar-refractivity contribution in [3.63, 3.8) is 0 Å². The molecule has 2 heteroatoms. The van der Waals surface area contributed by atoms with Gasteiger partial charge in [-0.15, -0.1) is 0 Å². The van der Waals surface area contributed by atoms with E-state index in [0.717, 1.165) is 23.4 Å². The molecule has 0 saturated carbocycles. The molecule has 0 aliphatic carbocycles. The number of aryl methyl sites for hydroxylation is 1. The van der Waals surface area contributed by atoms with Crippen LogP contribution in [0.5, 0.6) is 0 Å². The number of rotatable bonds is 3. The fourth-order valence-electron chi connectivity index (χ4n) is 3.54. The summed E-state index contributed by atoms with van der Waals surface area (Å²) >= 11 is 0. The highest BCUT2D eigenvalue weighted by Gasteiger charge is 2.08. The zero-order valence-electron chi connectivity index (χ0n) is 15.0. The summed E-state index contributed by atoms with van der Waals surface area (Å²) in [5, 5.41) is 4.96. The average molecular weight is 326 g/mol. The lowest BCUT2D eigenvalue weighted by Gasteiger charge is -2.11. The Morgan fingerprint density at radius 3 is 2.52 bits per heavy atom. The minimum Gasteiger partial charge on any atom is -0.261 e. The number of benzene rings is 2. The molecular formula is C23H22N2. The van der Waals surface area contributed by atoms with Crippen LogP contribution in [0.2, 0.25) is 0 Å². The van der Waals surface area contributed by atoms with Crippen LogP contribution >= 0.6 is 0 Å². The fourth-order valence-corrected chi connectivity index (χ4v) is 3.54. The Hall–Kier alpha value is -2.74. The van der Waals surface area contributed by atoms with Crippen LogP contribution < -0.4 is 0 Å². The van der Waals surface area contributed by atoms with Crippen LogP contribution in [0.3, 0.4) is 0 Å². The molecule has 0 radical (unpaired) electrons. The third-order valence-corrected chi connectivity index (χ3v) is 4.90. The predicted molar refractivity (Wildman–Crippen MR) is 106 cm³/mol. The van der Waals surface area contributed by atoms with Crippen LogP contribution in [0.1, 0.15) is 37.9 Å². The summed E-state index contributed by atoms with van der Waals surface area (Å²) in [4.78, 5) is 9.23. The Morgan fingerprint density at radius 2 is 1.72 bits per heavy atom. The molecule has 0 bridgehead atoms. The maximum atomic E-state index is 4.75. The predicted octanol–water partition coefficient (Wildman–Crippen LogP) is 6.14. The average Bonchev–Trinajstić information content (AvgIpc) is 2.66. The van der Waals surface area contributed by atoms with Crippen molar-refractivity contribution in [1.82, 2.24) is 9.97 Å². The van der Waals surface area contributed by atoms with E-state index >= 15 is 0 Å². The zero-order chi connectivity index (χ0) is 17.4. The molecule has 2 aromatic heterocycles. The van der Waals surface area contributed by atoms with Gasteiger partial charge in [0.2, 0.25) is 0 Å². The standard InChI is InChI=1S/C23H22N2/c1-4-22-20-9-8-18(12-17(20)10-11-24-22)23-13-16-6-5-7-19(15(2)3)21(16)14-25-23/h5-15H,4H2,1-3H3. The number of hydrogen-bond acceptors (Lipinski definition) is 2. The van der Waals surface area contributed by atoms with Crippen molar-refractivity contribution in [2.24, 2.45) is 0 Å². The Labute approximate surface area is 148 Å². The molecule has 2 heterocycles. The molecule has 0 spiro atoms. The van der Waals surface area contributed by atoms with Crippen molar-refractivity contribution in [3.05, 3.63) is 72.2 Å². The van der Waals surface area contributed by atoms with Crippen LogP contribution in [0.4, 0.5) is 0 Å². The van der Waals surface area contributed by atoms with Gasteiger partial charge in [-0.1, -0.05) is 51.1 Å². The zero-order valence-corrected chi connectivity index (χ0v) is 15.0. The first-order chi connectivity index (χ1) is 12.2. The van der Waals surface area contributed by atoms with E-state index in [1.54, 1.807) is 0 Å². The second-order valence-electron chi connectivity index (χ2n) is 6.84. The second-order valence-corrected chi connectivity index (χ2v) is 6.84. The van der Waals surface area contributed by atoms with Crippen molar-refractivity contribution in [1.29, 1.82) is 0 Å². The Balaban J connectivity index is 1.86. The molecule has 0 amide bonds. The summed E-state index contributed by atoms with van der Waals surface area (Å²) in [6.45, 7) is 6.60. The van der Waals surface area contributed by atoms with Gasteiger partial charge in [0.05, 0.1) is 5.69 Å². The minimum absolute atomic E-state index is 0.497. The molecule has 0 N–H and O–H groups in total. The van der Waals surface area contributed by atoms with Gasteiger partial charge < -0.3 is 0 Å². The summed E-state index contributed by atoms with van der Waals surface area (Å²) < 4.78 is 0. The SMILES string of the molecule is CCc1nccc2cc(-c3cc4cccc(C(C)C)c4cn3)ccc12. The van der Waals surface area contributed by atoms with E-state index < -0.39 is 0 Å². The fraction of sp³-hybridized carbons (Fsp3) is 0.217. The molecule has 0 fully saturated rings. The smallest absolute Gasteiger partial charge is 0.0708 e. The third-order valence-electron chi connectivity index (χ3n) is 4.90. The summed E-state index contributed by atoms with van der Waals surface area (Å²) in [6.07, 6.45) is 4.87. The van der Waals surface area contributed by atoms with Gasteiger partial charge in [0, 0.05) is 34.4 Å². The van der Waals surface area contributed by atoms with Crippen molar-refractivity contribution in [2.45, 2.75) is 33.1 Å². The van der Waals surface area contributed by atoms with Crippen molar-refractivity contribution >= 4 is 21.5 Å². The normalized spacial score (nSPS) is 11.5. The molecule has 4 rings (SSSR count). The van der Waals surface area contributed by atoms with Crippen LogP contribution in [0, 0.1) is 0 Å². The first-order valence-corrected chi connectivity index (χ1v) is 8.94. The number of pyridine rings is 2. The van der Waals surface area contributed by atoms with Crippen molar-refractivity contribution in [3.8, 4) is 11.3 Å². The Bertz CT molecular complexity index is 1060. The third kappa shape index (κ3) is 2.78. The minimum atomic E-state index is 0.497. The van der Waals surface area contributed by atoms with Gasteiger partial charge in [-0.05, 0) is 46.9 Å². The largest absolute Gasteiger partial charge is 0.261 e. The summed E-state index contributed by atoms with van der Waals surface area (Å²) in [6, 6.07) is 17.3. The monoisotopic (exact) mass is 326 g/mol. The Kier molecular flexibility index (Phi) is 3.96. The molecule has 0 atom stereocenters. The summed E-state index contributed by atoms with van der Waals surface area (Å²) in [5.74, 6) is 0.497. The van der Waals surface area contributed by atoms with Crippen LogP contribution in [-0.2, 0) is 6.42 Å². The lowest BCUT2D eigenvalue weighted by molar-refractivity contribution is 0.876. The van der Waals surface area contributed by atoms with Crippen LogP contribution in [0.25, 0.3) is 32.8 Å². The number of aromatic nitrogens is 2. The summed E-state index contributed by atoms with van der Waals surface area (Å²) in [7, 11) is 0. The van der Waals surface area contributed by atoms with E-state index in [4.69, 9.17) is 4.98 Å². The van der Waals surface area contributed by atoms with E-state index in [2.05, 4.69) is 74.3 Å². The van der Waals surface area contributed by atoms with Gasteiger partial charge in [-0.3, -0.25) is 9.97 Å². The molecule has 4 aromatic rings. The van der Waals surface area contributed by atoms with Gasteiger partial charge >= 0.3 is 0 Å². The van der Waals surface area contributed by atoms with Crippen molar-refractivity contribution < 1.29 is 0 Å². The number of fused-ring (bicyclic) bond motifs is 2. The number of nitrogens with zero attached hydrogens (tertiary/aromatic N) is 2. The van der Waals surface area contributed by atoms with E-state index in [9.17, 15) is 0 Å². The highest BCUT2D eigenvalue weighted by Crippen LogP contribution is 2.29. The first kappa shape index (κ1) is 15.8. The lowest BCUT2D eigenvalue weighted by atomic mass is 9.96. The van der Waals surface area contributed by atoms with Crippen molar-refractivity contribution in [2.75, 3.05) is 0 Å². The lowest BCUT2D eigenvalue weighted by Crippen LogP contribution is -1.92. The molecule has 2 aromatic carbocycles.